The molecule has 1 aromatic heterocycles. The Labute approximate surface area is 102 Å². The topological polar surface area (TPSA) is 19.4 Å². The first-order valence-corrected chi connectivity index (χ1v) is 6.91. The van der Waals surface area contributed by atoms with E-state index < -0.39 is 0 Å². The van der Waals surface area contributed by atoms with E-state index in [-0.39, 0.29) is 0 Å². The van der Waals surface area contributed by atoms with Gasteiger partial charge in [0.2, 0.25) is 0 Å². The molecule has 16 heavy (non-hydrogen) atoms. The van der Waals surface area contributed by atoms with Crippen LogP contribution in [0.3, 0.4) is 0 Å². The SMILES string of the molecule is CCC[C@@H]1CN(c2nccs2)C[C@H]1N(C)C. The van der Waals surface area contributed by atoms with Crippen molar-refractivity contribution in [3.8, 4) is 0 Å². The van der Waals surface area contributed by atoms with Crippen LogP contribution in [-0.2, 0) is 0 Å². The van der Waals surface area contributed by atoms with E-state index in [4.69, 9.17) is 0 Å². The van der Waals surface area contributed by atoms with Crippen LogP contribution in [0.25, 0.3) is 0 Å². The number of aromatic nitrogens is 1. The van der Waals surface area contributed by atoms with Gasteiger partial charge >= 0.3 is 0 Å². The maximum absolute atomic E-state index is 4.41. The van der Waals surface area contributed by atoms with Crippen LogP contribution in [0.1, 0.15) is 19.8 Å². The number of anilines is 1. The molecule has 4 heteroatoms. The molecule has 0 aliphatic carbocycles. The van der Waals surface area contributed by atoms with Gasteiger partial charge in [0, 0.05) is 30.7 Å². The average molecular weight is 239 g/mol. The van der Waals surface area contributed by atoms with Crippen LogP contribution in [0.5, 0.6) is 0 Å². The molecule has 2 rings (SSSR count). The van der Waals surface area contributed by atoms with Crippen LogP contribution < -0.4 is 4.90 Å². The zero-order valence-corrected chi connectivity index (χ0v) is 11.2. The highest BCUT2D eigenvalue weighted by molar-refractivity contribution is 7.13. The number of likely N-dealkylation sites (N-methyl/N-ethyl adjacent to an activating group) is 1. The fraction of sp³-hybridized carbons (Fsp3) is 0.750. The number of hydrogen-bond acceptors (Lipinski definition) is 4. The first-order chi connectivity index (χ1) is 7.72. The number of nitrogens with zero attached hydrogens (tertiary/aromatic N) is 3. The third-order valence-electron chi connectivity index (χ3n) is 3.42. The Morgan fingerprint density at radius 3 is 2.88 bits per heavy atom. The summed E-state index contributed by atoms with van der Waals surface area (Å²) in [7, 11) is 4.39. The summed E-state index contributed by atoms with van der Waals surface area (Å²) in [5.74, 6) is 0.795. The Balaban J connectivity index is 2.05. The second-order valence-electron chi connectivity index (χ2n) is 4.80. The van der Waals surface area contributed by atoms with E-state index >= 15 is 0 Å². The summed E-state index contributed by atoms with van der Waals surface area (Å²) in [6, 6.07) is 0.684. The Kier molecular flexibility index (Phi) is 3.82. The monoisotopic (exact) mass is 239 g/mol. The molecule has 3 nitrogen and oxygen atoms in total. The number of thiazole rings is 1. The molecule has 1 aromatic rings. The van der Waals surface area contributed by atoms with Crippen molar-refractivity contribution in [3.05, 3.63) is 11.6 Å². The highest BCUT2D eigenvalue weighted by atomic mass is 32.1. The van der Waals surface area contributed by atoms with Gasteiger partial charge in [-0.1, -0.05) is 13.3 Å². The van der Waals surface area contributed by atoms with Crippen molar-refractivity contribution in [3.63, 3.8) is 0 Å². The van der Waals surface area contributed by atoms with E-state index in [0.29, 0.717) is 6.04 Å². The lowest BCUT2D eigenvalue weighted by atomic mass is 9.98. The molecular formula is C12H21N3S. The minimum absolute atomic E-state index is 0.684. The van der Waals surface area contributed by atoms with Crippen molar-refractivity contribution < 1.29 is 0 Å². The van der Waals surface area contributed by atoms with Gasteiger partial charge in [0.1, 0.15) is 0 Å². The molecule has 1 saturated heterocycles. The van der Waals surface area contributed by atoms with Crippen molar-refractivity contribution in [1.82, 2.24) is 9.88 Å². The summed E-state index contributed by atoms with van der Waals surface area (Å²) in [6.45, 7) is 4.58. The van der Waals surface area contributed by atoms with Gasteiger partial charge in [-0.05, 0) is 26.4 Å². The molecular weight excluding hydrogens is 218 g/mol. The van der Waals surface area contributed by atoms with Crippen LogP contribution in [0, 0.1) is 5.92 Å². The second kappa shape index (κ2) is 5.15. The third-order valence-corrected chi connectivity index (χ3v) is 4.25. The van der Waals surface area contributed by atoms with Crippen LogP contribution in [0.15, 0.2) is 11.6 Å². The minimum Gasteiger partial charge on any atom is -0.346 e. The molecule has 90 valence electrons. The summed E-state index contributed by atoms with van der Waals surface area (Å²) in [6.07, 6.45) is 4.50. The predicted molar refractivity (Wildman–Crippen MR) is 70.2 cm³/mol. The highest BCUT2D eigenvalue weighted by Crippen LogP contribution is 2.29. The standard InChI is InChI=1S/C12H21N3S/c1-4-5-10-8-15(9-11(10)14(2)3)12-13-6-7-16-12/h6-7,10-11H,4-5,8-9H2,1-3H3/t10-,11-/m1/s1. The van der Waals surface area contributed by atoms with Gasteiger partial charge in [-0.15, -0.1) is 11.3 Å². The van der Waals surface area contributed by atoms with E-state index in [0.717, 1.165) is 12.5 Å². The van der Waals surface area contributed by atoms with E-state index in [1.54, 1.807) is 11.3 Å². The van der Waals surface area contributed by atoms with E-state index in [2.05, 4.69) is 41.2 Å². The molecule has 1 aliphatic rings. The van der Waals surface area contributed by atoms with Crippen LogP contribution >= 0.6 is 11.3 Å². The second-order valence-corrected chi connectivity index (χ2v) is 5.67. The Bertz CT molecular complexity index is 310. The van der Waals surface area contributed by atoms with Crippen molar-refractivity contribution >= 4 is 16.5 Å². The Morgan fingerprint density at radius 1 is 1.50 bits per heavy atom. The van der Waals surface area contributed by atoms with E-state index in [1.165, 1.54) is 24.5 Å². The van der Waals surface area contributed by atoms with Crippen LogP contribution in [0.4, 0.5) is 5.13 Å². The fourth-order valence-corrected chi connectivity index (χ4v) is 3.29. The Hall–Kier alpha value is -0.610. The van der Waals surface area contributed by atoms with Gasteiger partial charge in [-0.3, -0.25) is 0 Å². The van der Waals surface area contributed by atoms with Crippen molar-refractivity contribution in [2.75, 3.05) is 32.1 Å². The quantitative estimate of drug-likeness (QED) is 0.804. The predicted octanol–water partition coefficient (Wildman–Crippen LogP) is 2.31. The molecule has 1 fully saturated rings. The molecule has 0 bridgehead atoms. The van der Waals surface area contributed by atoms with E-state index in [9.17, 15) is 0 Å². The molecule has 2 atom stereocenters. The average Bonchev–Trinajstić information content (AvgIpc) is 2.83. The molecule has 0 saturated carbocycles. The number of rotatable bonds is 4. The third kappa shape index (κ3) is 2.38. The minimum atomic E-state index is 0.684. The molecule has 0 radical (unpaired) electrons. The van der Waals surface area contributed by atoms with Crippen LogP contribution in [0.2, 0.25) is 0 Å². The highest BCUT2D eigenvalue weighted by Gasteiger charge is 2.34. The van der Waals surface area contributed by atoms with Crippen molar-refractivity contribution in [2.45, 2.75) is 25.8 Å². The molecule has 0 amide bonds. The van der Waals surface area contributed by atoms with Gasteiger partial charge < -0.3 is 9.80 Å². The first-order valence-electron chi connectivity index (χ1n) is 6.03. The van der Waals surface area contributed by atoms with Crippen LogP contribution in [-0.4, -0.2) is 43.1 Å². The normalized spacial score (nSPS) is 25.6. The van der Waals surface area contributed by atoms with E-state index in [1.807, 2.05) is 6.20 Å². The lowest BCUT2D eigenvalue weighted by molar-refractivity contribution is 0.246. The molecule has 1 aliphatic heterocycles. The summed E-state index contributed by atoms with van der Waals surface area (Å²) in [5.41, 5.74) is 0. The van der Waals surface area contributed by atoms with Gasteiger partial charge in [0.05, 0.1) is 0 Å². The zero-order valence-electron chi connectivity index (χ0n) is 10.4. The van der Waals surface area contributed by atoms with Gasteiger partial charge in [0.15, 0.2) is 5.13 Å². The first kappa shape index (κ1) is 11.9. The molecule has 0 N–H and O–H groups in total. The summed E-state index contributed by atoms with van der Waals surface area (Å²) in [5, 5.41) is 3.25. The van der Waals surface area contributed by atoms with Gasteiger partial charge in [-0.25, -0.2) is 4.98 Å². The Morgan fingerprint density at radius 2 is 2.31 bits per heavy atom. The van der Waals surface area contributed by atoms with Crippen molar-refractivity contribution in [1.29, 1.82) is 0 Å². The fourth-order valence-electron chi connectivity index (χ4n) is 2.62. The molecule has 0 spiro atoms. The maximum Gasteiger partial charge on any atom is 0.185 e. The lowest BCUT2D eigenvalue weighted by Crippen LogP contribution is -2.35. The molecule has 2 heterocycles. The maximum atomic E-state index is 4.41. The molecule has 0 aromatic carbocycles. The molecule has 0 unspecified atom stereocenters. The lowest BCUT2D eigenvalue weighted by Gasteiger charge is -2.24. The number of hydrogen-bond donors (Lipinski definition) is 0. The smallest absolute Gasteiger partial charge is 0.185 e. The summed E-state index contributed by atoms with van der Waals surface area (Å²) < 4.78 is 0. The van der Waals surface area contributed by atoms with Crippen molar-refractivity contribution in [2.24, 2.45) is 5.92 Å². The van der Waals surface area contributed by atoms with Gasteiger partial charge in [0.25, 0.3) is 0 Å². The zero-order chi connectivity index (χ0) is 11.5. The summed E-state index contributed by atoms with van der Waals surface area (Å²) in [4.78, 5) is 9.22. The largest absolute Gasteiger partial charge is 0.346 e. The summed E-state index contributed by atoms with van der Waals surface area (Å²) >= 11 is 1.75. The van der Waals surface area contributed by atoms with Gasteiger partial charge in [-0.2, -0.15) is 0 Å².